The molecule has 2 unspecified atom stereocenters. The number of carbonyl (C=O) groups excluding carboxylic acids is 2. The molecule has 4 rings (SSSR count). The lowest BCUT2D eigenvalue weighted by molar-refractivity contribution is -0.119. The van der Waals surface area contributed by atoms with Gasteiger partial charge in [0, 0.05) is 23.1 Å². The molecule has 2 aliphatic rings. The van der Waals surface area contributed by atoms with Crippen LogP contribution in [-0.4, -0.2) is 39.7 Å². The highest BCUT2D eigenvalue weighted by molar-refractivity contribution is 8.09. The molecule has 0 saturated carbocycles. The molecule has 1 fully saturated rings. The summed E-state index contributed by atoms with van der Waals surface area (Å²) in [7, 11) is 0. The van der Waals surface area contributed by atoms with E-state index in [1.165, 1.54) is 41.1 Å². The van der Waals surface area contributed by atoms with Crippen LogP contribution in [0.2, 0.25) is 5.02 Å². The van der Waals surface area contributed by atoms with E-state index in [4.69, 9.17) is 16.9 Å². The van der Waals surface area contributed by atoms with Crippen LogP contribution in [0, 0.1) is 23.0 Å². The number of amides is 3. The number of pyridine rings is 1. The van der Waals surface area contributed by atoms with Gasteiger partial charge in [0.25, 0.3) is 5.91 Å². The van der Waals surface area contributed by atoms with Gasteiger partial charge in [-0.25, -0.2) is 18.5 Å². The van der Waals surface area contributed by atoms with E-state index < -0.39 is 34.9 Å². The number of hydrogen-bond acceptors (Lipinski definition) is 5. The lowest BCUT2D eigenvalue weighted by Gasteiger charge is -2.40. The van der Waals surface area contributed by atoms with E-state index in [0.717, 1.165) is 17.2 Å². The Hall–Kier alpha value is -2.96. The van der Waals surface area contributed by atoms with Crippen molar-refractivity contribution < 1.29 is 18.4 Å². The summed E-state index contributed by atoms with van der Waals surface area (Å²) >= 11 is 7.36. The zero-order valence-corrected chi connectivity index (χ0v) is 16.8. The number of anilines is 1. The van der Waals surface area contributed by atoms with Gasteiger partial charge in [0.15, 0.2) is 0 Å². The fourth-order valence-corrected chi connectivity index (χ4v) is 5.13. The largest absolute Gasteiger partial charge is 0.332 e. The van der Waals surface area contributed by atoms with Crippen molar-refractivity contribution in [1.82, 2.24) is 9.88 Å². The maximum atomic E-state index is 13.7. The highest BCUT2D eigenvalue weighted by Gasteiger charge is 2.49. The summed E-state index contributed by atoms with van der Waals surface area (Å²) in [5.74, 6) is -1.70. The lowest BCUT2D eigenvalue weighted by atomic mass is 10.0. The van der Waals surface area contributed by atoms with Gasteiger partial charge < -0.3 is 4.90 Å². The number of fused-ring (bicyclic) bond motifs is 1. The Morgan fingerprint density at radius 1 is 1.20 bits per heavy atom. The van der Waals surface area contributed by atoms with Gasteiger partial charge in [0.05, 0.1) is 41.6 Å². The van der Waals surface area contributed by atoms with Crippen LogP contribution in [0.15, 0.2) is 42.7 Å². The molecule has 30 heavy (non-hydrogen) atoms. The molecule has 1 saturated heterocycles. The van der Waals surface area contributed by atoms with Crippen LogP contribution in [0.5, 0.6) is 0 Å². The summed E-state index contributed by atoms with van der Waals surface area (Å²) in [4.78, 5) is 32.9. The second-order valence-electron chi connectivity index (χ2n) is 6.60. The van der Waals surface area contributed by atoms with Gasteiger partial charge in [-0.3, -0.25) is 9.78 Å². The quantitative estimate of drug-likeness (QED) is 0.702. The van der Waals surface area contributed by atoms with Crippen molar-refractivity contribution in [3.05, 3.63) is 65.0 Å². The summed E-state index contributed by atoms with van der Waals surface area (Å²) in [5, 5.41) is 8.45. The Bertz CT molecular complexity index is 1120. The molecule has 0 spiro atoms. The number of hydrogen-bond donors (Lipinski definition) is 0. The predicted octanol–water partition coefficient (Wildman–Crippen LogP) is 4.22. The predicted molar refractivity (Wildman–Crippen MR) is 109 cm³/mol. The van der Waals surface area contributed by atoms with E-state index in [0.29, 0.717) is 10.5 Å². The minimum absolute atomic E-state index is 0.0132. The third-order valence-electron chi connectivity index (χ3n) is 4.76. The van der Waals surface area contributed by atoms with Crippen LogP contribution in [-0.2, 0) is 4.79 Å². The number of halogens is 3. The van der Waals surface area contributed by atoms with Crippen molar-refractivity contribution in [3.63, 3.8) is 0 Å². The second kappa shape index (κ2) is 8.05. The number of aromatic nitrogens is 1. The average Bonchev–Trinajstić information content (AvgIpc) is 3.13. The van der Waals surface area contributed by atoms with Crippen molar-refractivity contribution in [2.45, 2.75) is 17.7 Å². The summed E-state index contributed by atoms with van der Waals surface area (Å²) in [6.07, 6.45) is 3.98. The molecule has 1 aromatic heterocycles. The third kappa shape index (κ3) is 3.53. The van der Waals surface area contributed by atoms with Crippen molar-refractivity contribution in [2.75, 3.05) is 11.4 Å². The minimum atomic E-state index is -0.722. The molecule has 2 atom stereocenters. The van der Waals surface area contributed by atoms with Gasteiger partial charge in [-0.1, -0.05) is 11.6 Å². The van der Waals surface area contributed by atoms with Gasteiger partial charge in [0.2, 0.25) is 0 Å². The van der Waals surface area contributed by atoms with Gasteiger partial charge >= 0.3 is 6.03 Å². The van der Waals surface area contributed by atoms with Crippen molar-refractivity contribution in [1.29, 1.82) is 5.26 Å². The summed E-state index contributed by atoms with van der Waals surface area (Å²) in [5.41, 5.74) is 0.552. The molecular formula is C20H13ClF2N4O2S. The number of imide groups is 1. The first-order chi connectivity index (χ1) is 14.4. The molecule has 2 aromatic rings. The molecule has 1 aromatic carbocycles. The van der Waals surface area contributed by atoms with E-state index in [9.17, 15) is 18.4 Å². The van der Waals surface area contributed by atoms with E-state index in [1.54, 1.807) is 6.08 Å². The first kappa shape index (κ1) is 20.3. The van der Waals surface area contributed by atoms with Crippen LogP contribution in [0.25, 0.3) is 4.91 Å². The average molecular weight is 447 g/mol. The summed E-state index contributed by atoms with van der Waals surface area (Å²) < 4.78 is 27.1. The number of nitriles is 1. The fraction of sp³-hybridized carbons (Fsp3) is 0.200. The number of carbonyl (C=O) groups is 2. The van der Waals surface area contributed by atoms with Gasteiger partial charge in [0.1, 0.15) is 16.9 Å². The Balaban J connectivity index is 1.74. The molecule has 0 N–H and O–H groups in total. The molecule has 0 radical (unpaired) electrons. The van der Waals surface area contributed by atoms with Crippen LogP contribution in [0.4, 0.5) is 19.3 Å². The molecule has 0 aliphatic carbocycles. The molecule has 3 amide bonds. The van der Waals surface area contributed by atoms with E-state index in [1.807, 2.05) is 6.07 Å². The second-order valence-corrected chi connectivity index (χ2v) is 8.19. The topological polar surface area (TPSA) is 77.3 Å². The van der Waals surface area contributed by atoms with E-state index in [2.05, 4.69) is 4.98 Å². The number of urea groups is 1. The zero-order valence-electron chi connectivity index (χ0n) is 15.3. The van der Waals surface area contributed by atoms with Crippen molar-refractivity contribution in [2.24, 2.45) is 0 Å². The highest BCUT2D eigenvalue weighted by Crippen LogP contribution is 2.46. The zero-order chi connectivity index (χ0) is 21.4. The number of thioether (sulfide) groups is 1. The molecule has 3 heterocycles. The monoisotopic (exact) mass is 446 g/mol. The Kier molecular flexibility index (Phi) is 5.45. The third-order valence-corrected chi connectivity index (χ3v) is 6.41. The van der Waals surface area contributed by atoms with Crippen LogP contribution in [0.3, 0.4) is 0 Å². The molecule has 10 heteroatoms. The van der Waals surface area contributed by atoms with Crippen molar-refractivity contribution >= 4 is 45.9 Å². The van der Waals surface area contributed by atoms with Gasteiger partial charge in [-0.15, -0.1) is 11.8 Å². The van der Waals surface area contributed by atoms with Crippen molar-refractivity contribution in [3.8, 4) is 6.07 Å². The van der Waals surface area contributed by atoms with E-state index in [-0.39, 0.29) is 23.7 Å². The standard InChI is InChI=1S/C20H13ClF2N4O2S/c21-15-7-11(22)2-3-14(15)17-8-16-18(30-17)19(28)27(13-6-12(23)9-25-10-13)20(29)26(16)5-1-4-24/h2-3,6-10,16,18H,1,5H2. The maximum absolute atomic E-state index is 13.7. The lowest BCUT2D eigenvalue weighted by Crippen LogP contribution is -2.62. The Morgan fingerprint density at radius 2 is 2.00 bits per heavy atom. The highest BCUT2D eigenvalue weighted by atomic mass is 35.5. The van der Waals surface area contributed by atoms with Crippen LogP contribution >= 0.6 is 23.4 Å². The van der Waals surface area contributed by atoms with Crippen LogP contribution in [0.1, 0.15) is 12.0 Å². The van der Waals surface area contributed by atoms with Gasteiger partial charge in [-0.2, -0.15) is 5.26 Å². The minimum Gasteiger partial charge on any atom is -0.315 e. The fourth-order valence-electron chi connectivity index (χ4n) is 3.43. The Morgan fingerprint density at radius 3 is 2.70 bits per heavy atom. The van der Waals surface area contributed by atoms with Gasteiger partial charge in [-0.05, 0) is 24.3 Å². The number of nitrogens with zero attached hydrogens (tertiary/aromatic N) is 4. The normalized spacial score (nSPS) is 20.8. The first-order valence-corrected chi connectivity index (χ1v) is 10.1. The Labute approximate surface area is 179 Å². The smallest absolute Gasteiger partial charge is 0.315 e. The summed E-state index contributed by atoms with van der Waals surface area (Å²) in [6.45, 7) is 0.0878. The first-order valence-electron chi connectivity index (χ1n) is 8.86. The SMILES string of the molecule is N#CCCN1C(=O)N(c2cncc(F)c2)C(=O)C2SC(c3ccc(F)cc3Cl)=CC21. The molecular weight excluding hydrogens is 434 g/mol. The molecule has 2 aliphatic heterocycles. The molecule has 152 valence electrons. The summed E-state index contributed by atoms with van der Waals surface area (Å²) in [6, 6.07) is 5.71. The number of rotatable bonds is 4. The number of benzene rings is 1. The molecule has 6 nitrogen and oxygen atoms in total. The molecule has 0 bridgehead atoms. The maximum Gasteiger partial charge on any atom is 0.332 e. The van der Waals surface area contributed by atoms with E-state index >= 15 is 0 Å². The van der Waals surface area contributed by atoms with Crippen LogP contribution < -0.4 is 4.90 Å².